The standard InChI is InChI=1S/3C20H22F2N6O.CH3FS.3H2/c3*1-11-8-23-19(25-13-9-24-27(2)10-13)26-17(11)12-5-14-3-4-15(6-12)28(14)18(29)16-7-20(16,21)22;1-3-2;;;/h3*5,8-10,14-16H,3-4,6-7H2,1-2H3,(H,23,25,26);1H3;3*1H/t14?,15?,16-;14-,15+,16+;14-,15+,16-;;;;/m010..../s1. The van der Waals surface area contributed by atoms with Crippen molar-refractivity contribution in [2.45, 2.75) is 152 Å². The lowest BCUT2D eigenvalue weighted by Gasteiger charge is -2.34. The highest BCUT2D eigenvalue weighted by Crippen LogP contribution is 2.54. The Morgan fingerprint density at radius 2 is 0.733 bits per heavy atom. The summed E-state index contributed by atoms with van der Waals surface area (Å²) >= 11 is 0.250. The number of anilines is 6. The molecule has 3 saturated heterocycles. The van der Waals surface area contributed by atoms with Crippen LogP contribution in [0.4, 0.5) is 65.1 Å². The fourth-order valence-corrected chi connectivity index (χ4v) is 13.4. The average Bonchev–Trinajstić information content (AvgIpc) is 1.61. The summed E-state index contributed by atoms with van der Waals surface area (Å²) in [5.41, 5.74) is 10.9. The predicted molar refractivity (Wildman–Crippen MR) is 329 cm³/mol. The molecule has 29 heteroatoms. The molecule has 6 fully saturated rings. The molecule has 3 saturated carbocycles. The molecule has 0 spiro atoms. The minimum Gasteiger partial charge on any atom is -0.332 e. The highest BCUT2D eigenvalue weighted by atomic mass is 32.2. The van der Waals surface area contributed by atoms with Gasteiger partial charge < -0.3 is 30.7 Å². The number of aromatic nitrogens is 12. The van der Waals surface area contributed by atoms with Gasteiger partial charge in [-0.1, -0.05) is 18.2 Å². The summed E-state index contributed by atoms with van der Waals surface area (Å²) in [5.74, 6) is -11.6. The zero-order chi connectivity index (χ0) is 63.7. The van der Waals surface area contributed by atoms with Crippen molar-refractivity contribution in [3.8, 4) is 0 Å². The first-order valence-corrected chi connectivity index (χ1v) is 31.1. The Balaban J connectivity index is 0.000000158. The Morgan fingerprint density at radius 3 is 0.944 bits per heavy atom. The first kappa shape index (κ1) is 62.0. The molecule has 0 aromatic carbocycles. The van der Waals surface area contributed by atoms with Crippen LogP contribution < -0.4 is 16.0 Å². The van der Waals surface area contributed by atoms with Gasteiger partial charge in [-0.15, -0.1) is 0 Å². The van der Waals surface area contributed by atoms with Crippen LogP contribution in [0.15, 0.2) is 74.0 Å². The number of halogens is 7. The third-order valence-corrected chi connectivity index (χ3v) is 18.0. The van der Waals surface area contributed by atoms with E-state index in [1.807, 2.05) is 78.7 Å². The van der Waals surface area contributed by atoms with Gasteiger partial charge in [0.05, 0.1) is 70.9 Å². The quantitative estimate of drug-likeness (QED) is 0.0968. The molecule has 6 bridgehead atoms. The molecule has 482 valence electrons. The van der Waals surface area contributed by atoms with E-state index in [4.69, 9.17) is 0 Å². The number of hydrogen-bond acceptors (Lipinski definition) is 16. The van der Waals surface area contributed by atoms with Gasteiger partial charge in [-0.3, -0.25) is 28.4 Å². The van der Waals surface area contributed by atoms with E-state index in [1.54, 1.807) is 65.9 Å². The van der Waals surface area contributed by atoms with Gasteiger partial charge in [-0.25, -0.2) is 56.2 Å². The summed E-state index contributed by atoms with van der Waals surface area (Å²) in [6, 6.07) is -0.487. The summed E-state index contributed by atoms with van der Waals surface area (Å²) in [7, 11) is 5.50. The number of fused-ring (bicyclic) bond motifs is 6. The second-order valence-electron chi connectivity index (χ2n) is 24.8. The third-order valence-electron chi connectivity index (χ3n) is 18.0. The van der Waals surface area contributed by atoms with Crippen molar-refractivity contribution < 1.29 is 48.9 Å². The number of aryl methyl sites for hydroxylation is 6. The minimum atomic E-state index is -2.82. The van der Waals surface area contributed by atoms with Gasteiger partial charge in [-0.2, -0.15) is 19.2 Å². The highest BCUT2D eigenvalue weighted by Gasteiger charge is 2.66. The molecule has 9 atom stereocenters. The van der Waals surface area contributed by atoms with E-state index in [-0.39, 0.29) is 71.9 Å². The molecular weight excluding hydrogens is 1200 g/mol. The van der Waals surface area contributed by atoms with E-state index >= 15 is 0 Å². The summed E-state index contributed by atoms with van der Waals surface area (Å²) in [5, 5.41) is 21.8. The van der Waals surface area contributed by atoms with Crippen LogP contribution in [0.3, 0.4) is 0 Å². The van der Waals surface area contributed by atoms with Crippen molar-refractivity contribution in [3.05, 3.63) is 108 Å². The maximum absolute atomic E-state index is 13.4. The maximum atomic E-state index is 13.4. The Labute approximate surface area is 523 Å². The molecule has 9 aliphatic rings. The minimum absolute atomic E-state index is 0. The SMILES string of the molecule is CSF.Cc1cnc(Nc2cnn(C)c2)nc1C1=CC2CCC(C1)N2C(=O)[C@@H]1CC1(F)F.Cc1cnc(Nc2cnn(C)c2)nc1C1=C[C@@H]2CC[C@H](C1)N2C(=O)[C@@H]1CC1(F)F.Cc1cnc(Nc2cnn(C)c2)nc1C1=C[C@H]2CC[C@@H](C1)N2C(=O)[C@@H]1CC1(F)F.[HH].[HH].[HH]. The van der Waals surface area contributed by atoms with Gasteiger partial charge in [0.2, 0.25) is 35.6 Å². The molecule has 0 radical (unpaired) electrons. The topological polar surface area (TPSA) is 228 Å². The van der Waals surface area contributed by atoms with E-state index in [2.05, 4.69) is 61.2 Å². The summed E-state index contributed by atoms with van der Waals surface area (Å²) in [6.07, 6.45) is 29.2. The van der Waals surface area contributed by atoms with Crippen molar-refractivity contribution >= 4 is 81.5 Å². The molecule has 12 heterocycles. The number of hydrogen-bond donors (Lipinski definition) is 3. The Morgan fingerprint density at radius 1 is 0.478 bits per heavy atom. The van der Waals surface area contributed by atoms with Crippen LogP contribution in [-0.4, -0.2) is 152 Å². The monoisotopic (exact) mass is 1270 g/mol. The molecule has 21 nitrogen and oxygen atoms in total. The van der Waals surface area contributed by atoms with Gasteiger partial charge in [0, 0.05) is 118 Å². The van der Waals surface area contributed by atoms with Crippen LogP contribution in [-0.2, 0) is 35.5 Å². The van der Waals surface area contributed by atoms with Crippen LogP contribution in [0.25, 0.3) is 16.7 Å². The molecule has 6 aromatic heterocycles. The molecule has 2 unspecified atom stereocenters. The Hall–Kier alpha value is -8.24. The van der Waals surface area contributed by atoms with Gasteiger partial charge in [0.15, 0.2) is 0 Å². The van der Waals surface area contributed by atoms with Crippen LogP contribution >= 0.6 is 12.1 Å². The van der Waals surface area contributed by atoms with Crippen molar-refractivity contribution in [3.63, 3.8) is 0 Å². The normalized spacial score (nSPS) is 26.3. The van der Waals surface area contributed by atoms with Crippen molar-refractivity contribution in [2.75, 3.05) is 22.2 Å². The van der Waals surface area contributed by atoms with E-state index in [1.165, 1.54) is 6.26 Å². The third kappa shape index (κ3) is 12.9. The zero-order valence-corrected chi connectivity index (χ0v) is 51.4. The number of carbonyl (C=O) groups is 3. The number of alkyl halides is 6. The Kier molecular flexibility index (Phi) is 16.7. The summed E-state index contributed by atoms with van der Waals surface area (Å²) in [6.45, 7) is 5.86. The molecule has 3 aliphatic carbocycles. The zero-order valence-electron chi connectivity index (χ0n) is 50.6. The van der Waals surface area contributed by atoms with Gasteiger partial charge >= 0.3 is 0 Å². The van der Waals surface area contributed by atoms with Gasteiger partial charge in [-0.05, 0) is 112 Å². The number of rotatable bonds is 12. The fraction of sp³-hybridized carbons (Fsp3) is 0.508. The van der Waals surface area contributed by atoms with Crippen LogP contribution in [0, 0.1) is 38.5 Å². The van der Waals surface area contributed by atoms with Crippen molar-refractivity contribution in [1.29, 1.82) is 0 Å². The van der Waals surface area contributed by atoms with Gasteiger partial charge in [0.1, 0.15) is 17.8 Å². The smallest absolute Gasteiger partial charge is 0.260 e. The maximum Gasteiger partial charge on any atom is 0.260 e. The average molecular weight is 1270 g/mol. The second kappa shape index (κ2) is 24.2. The molecule has 6 aromatic rings. The largest absolute Gasteiger partial charge is 0.332 e. The van der Waals surface area contributed by atoms with Gasteiger partial charge in [0.25, 0.3) is 17.8 Å². The lowest BCUT2D eigenvalue weighted by atomic mass is 9.96. The number of carbonyl (C=O) groups excluding carboxylic acids is 3. The predicted octanol–water partition coefficient (Wildman–Crippen LogP) is 11.2. The molecule has 6 aliphatic heterocycles. The molecule has 15 rings (SSSR count). The van der Waals surface area contributed by atoms with Crippen molar-refractivity contribution in [2.24, 2.45) is 38.9 Å². The summed E-state index contributed by atoms with van der Waals surface area (Å²) in [4.78, 5) is 69.9. The van der Waals surface area contributed by atoms with Crippen LogP contribution in [0.1, 0.15) is 115 Å². The first-order valence-electron chi connectivity index (χ1n) is 30.0. The highest BCUT2D eigenvalue weighted by molar-refractivity contribution is 7.93. The molecular formula is C61H75F7N18O3S. The molecule has 3 amide bonds. The van der Waals surface area contributed by atoms with Crippen LogP contribution in [0.5, 0.6) is 0 Å². The first-order chi connectivity index (χ1) is 42.9. The van der Waals surface area contributed by atoms with E-state index < -0.39 is 53.2 Å². The summed E-state index contributed by atoms with van der Waals surface area (Å²) < 4.78 is 95.7. The van der Waals surface area contributed by atoms with Crippen molar-refractivity contribution in [1.82, 2.24) is 73.9 Å². The lowest BCUT2D eigenvalue weighted by molar-refractivity contribution is -0.138. The molecule has 3 N–H and O–H groups in total. The lowest BCUT2D eigenvalue weighted by Crippen LogP contribution is -2.44. The fourth-order valence-electron chi connectivity index (χ4n) is 13.4. The molecule has 90 heavy (non-hydrogen) atoms. The number of nitrogens with zero attached hydrogens (tertiary/aromatic N) is 15. The number of amides is 3. The van der Waals surface area contributed by atoms with E-state index in [0.29, 0.717) is 37.1 Å². The second-order valence-corrected chi connectivity index (χ2v) is 25.1. The number of nitrogens with one attached hydrogen (secondary N) is 3. The van der Waals surface area contributed by atoms with E-state index in [0.717, 1.165) is 106 Å². The Bertz CT molecular complexity index is 3480. The van der Waals surface area contributed by atoms with E-state index in [9.17, 15) is 44.6 Å². The van der Waals surface area contributed by atoms with Crippen LogP contribution in [0.2, 0.25) is 0 Å².